The SMILES string of the molecule is Cc1nc(N2CCC(NC(=O)OC(C)(C)C)C2)ncc1C(=O)O. The lowest BCUT2D eigenvalue weighted by atomic mass is 10.2. The van der Waals surface area contributed by atoms with Gasteiger partial charge in [0.2, 0.25) is 5.95 Å². The number of aromatic nitrogens is 2. The predicted octanol–water partition coefficient (Wildman–Crippen LogP) is 1.59. The van der Waals surface area contributed by atoms with Crippen molar-refractivity contribution in [2.75, 3.05) is 18.0 Å². The molecule has 126 valence electrons. The van der Waals surface area contributed by atoms with Crippen LogP contribution in [0.2, 0.25) is 0 Å². The zero-order valence-electron chi connectivity index (χ0n) is 13.8. The lowest BCUT2D eigenvalue weighted by molar-refractivity contribution is 0.0508. The summed E-state index contributed by atoms with van der Waals surface area (Å²) in [5.74, 6) is -0.569. The molecule has 2 rings (SSSR count). The van der Waals surface area contributed by atoms with Crippen molar-refractivity contribution in [1.82, 2.24) is 15.3 Å². The van der Waals surface area contributed by atoms with Crippen molar-refractivity contribution in [3.63, 3.8) is 0 Å². The number of carbonyl (C=O) groups is 2. The van der Waals surface area contributed by atoms with Crippen LogP contribution < -0.4 is 10.2 Å². The largest absolute Gasteiger partial charge is 0.478 e. The number of carbonyl (C=O) groups excluding carboxylic acids is 1. The number of amides is 1. The molecular formula is C15H22N4O4. The van der Waals surface area contributed by atoms with Gasteiger partial charge in [-0.15, -0.1) is 0 Å². The fourth-order valence-electron chi connectivity index (χ4n) is 2.35. The fourth-order valence-corrected chi connectivity index (χ4v) is 2.35. The van der Waals surface area contributed by atoms with Crippen LogP contribution in [0.1, 0.15) is 43.2 Å². The van der Waals surface area contributed by atoms with E-state index in [-0.39, 0.29) is 11.6 Å². The first kappa shape index (κ1) is 17.0. The fraction of sp³-hybridized carbons (Fsp3) is 0.600. The number of nitrogens with one attached hydrogen (secondary N) is 1. The number of hydrogen-bond donors (Lipinski definition) is 2. The van der Waals surface area contributed by atoms with Gasteiger partial charge in [0.15, 0.2) is 0 Å². The summed E-state index contributed by atoms with van der Waals surface area (Å²) in [6.45, 7) is 8.33. The Morgan fingerprint density at radius 1 is 1.43 bits per heavy atom. The summed E-state index contributed by atoms with van der Waals surface area (Å²) < 4.78 is 5.24. The molecule has 1 aromatic heterocycles. The van der Waals surface area contributed by atoms with E-state index in [2.05, 4.69) is 15.3 Å². The average Bonchev–Trinajstić information content (AvgIpc) is 2.84. The third-order valence-corrected chi connectivity index (χ3v) is 3.39. The highest BCUT2D eigenvalue weighted by molar-refractivity contribution is 5.88. The zero-order valence-corrected chi connectivity index (χ0v) is 13.8. The van der Waals surface area contributed by atoms with Crippen molar-refractivity contribution in [2.45, 2.75) is 45.8 Å². The van der Waals surface area contributed by atoms with E-state index in [1.807, 2.05) is 25.7 Å². The Morgan fingerprint density at radius 3 is 2.70 bits per heavy atom. The summed E-state index contributed by atoms with van der Waals surface area (Å²) in [6, 6.07) is -0.0482. The van der Waals surface area contributed by atoms with E-state index in [0.717, 1.165) is 6.42 Å². The molecule has 1 aliphatic rings. The van der Waals surface area contributed by atoms with Crippen LogP contribution in [-0.2, 0) is 4.74 Å². The normalized spacial score (nSPS) is 17.9. The first-order valence-corrected chi connectivity index (χ1v) is 7.47. The molecule has 0 saturated carbocycles. The molecule has 0 bridgehead atoms. The van der Waals surface area contributed by atoms with E-state index in [0.29, 0.717) is 24.7 Å². The topological polar surface area (TPSA) is 105 Å². The molecule has 8 nitrogen and oxygen atoms in total. The van der Waals surface area contributed by atoms with Crippen LogP contribution in [0.5, 0.6) is 0 Å². The second-order valence-corrected chi connectivity index (χ2v) is 6.55. The molecule has 0 aromatic carbocycles. The minimum atomic E-state index is -1.04. The number of aryl methyl sites for hydroxylation is 1. The van der Waals surface area contributed by atoms with Gasteiger partial charge in [0.05, 0.1) is 17.3 Å². The van der Waals surface area contributed by atoms with Crippen molar-refractivity contribution in [3.8, 4) is 0 Å². The number of aromatic carboxylic acids is 1. The van der Waals surface area contributed by atoms with E-state index in [9.17, 15) is 9.59 Å². The van der Waals surface area contributed by atoms with Crippen molar-refractivity contribution in [3.05, 3.63) is 17.5 Å². The Hall–Kier alpha value is -2.38. The molecule has 0 radical (unpaired) electrons. The molecule has 0 aliphatic carbocycles. The molecule has 0 spiro atoms. The van der Waals surface area contributed by atoms with Gasteiger partial charge >= 0.3 is 12.1 Å². The van der Waals surface area contributed by atoms with Gasteiger partial charge in [-0.3, -0.25) is 0 Å². The molecule has 1 unspecified atom stereocenters. The van der Waals surface area contributed by atoms with Gasteiger partial charge in [-0.2, -0.15) is 0 Å². The number of anilines is 1. The maximum absolute atomic E-state index is 11.8. The van der Waals surface area contributed by atoms with Crippen molar-refractivity contribution in [2.24, 2.45) is 0 Å². The second kappa shape index (κ2) is 6.39. The highest BCUT2D eigenvalue weighted by Gasteiger charge is 2.28. The Bertz CT molecular complexity index is 612. The number of carboxylic acids is 1. The van der Waals surface area contributed by atoms with Crippen LogP contribution in [0.15, 0.2) is 6.20 Å². The average molecular weight is 322 g/mol. The van der Waals surface area contributed by atoms with Gasteiger partial charge in [0.25, 0.3) is 0 Å². The lowest BCUT2D eigenvalue weighted by Crippen LogP contribution is -2.40. The minimum absolute atomic E-state index is 0.0482. The number of carboxylic acid groups (broad SMARTS) is 1. The molecule has 1 fully saturated rings. The number of nitrogens with zero attached hydrogens (tertiary/aromatic N) is 3. The Balaban J connectivity index is 1.96. The van der Waals surface area contributed by atoms with Gasteiger partial charge in [0.1, 0.15) is 5.60 Å². The highest BCUT2D eigenvalue weighted by atomic mass is 16.6. The highest BCUT2D eigenvalue weighted by Crippen LogP contribution is 2.18. The van der Waals surface area contributed by atoms with Gasteiger partial charge in [-0.1, -0.05) is 0 Å². The molecule has 2 N–H and O–H groups in total. The smallest absolute Gasteiger partial charge is 0.407 e. The number of ether oxygens (including phenoxy) is 1. The predicted molar refractivity (Wildman–Crippen MR) is 83.7 cm³/mol. The molecule has 23 heavy (non-hydrogen) atoms. The van der Waals surface area contributed by atoms with E-state index >= 15 is 0 Å². The summed E-state index contributed by atoms with van der Waals surface area (Å²) in [4.78, 5) is 33.0. The molecule has 8 heteroatoms. The first-order chi connectivity index (χ1) is 10.7. The van der Waals surface area contributed by atoms with Crippen molar-refractivity contribution in [1.29, 1.82) is 0 Å². The molecule has 1 aromatic rings. The third kappa shape index (κ3) is 4.54. The summed E-state index contributed by atoms with van der Waals surface area (Å²) >= 11 is 0. The quantitative estimate of drug-likeness (QED) is 0.870. The maximum atomic E-state index is 11.8. The van der Waals surface area contributed by atoms with Crippen LogP contribution in [0.4, 0.5) is 10.7 Å². The van der Waals surface area contributed by atoms with Crippen molar-refractivity contribution >= 4 is 18.0 Å². The maximum Gasteiger partial charge on any atom is 0.407 e. The second-order valence-electron chi connectivity index (χ2n) is 6.55. The van der Waals surface area contributed by atoms with E-state index in [1.165, 1.54) is 6.20 Å². The number of alkyl carbamates (subject to hydrolysis) is 1. The molecule has 2 heterocycles. The van der Waals surface area contributed by atoms with Crippen molar-refractivity contribution < 1.29 is 19.4 Å². The number of rotatable bonds is 3. The Labute approximate surface area is 134 Å². The van der Waals surface area contributed by atoms with E-state index in [4.69, 9.17) is 9.84 Å². The van der Waals surface area contributed by atoms with Crippen LogP contribution in [0, 0.1) is 6.92 Å². The van der Waals surface area contributed by atoms with Gasteiger partial charge in [-0.05, 0) is 34.1 Å². The van der Waals surface area contributed by atoms with Gasteiger partial charge < -0.3 is 20.1 Å². The zero-order chi connectivity index (χ0) is 17.2. The summed E-state index contributed by atoms with van der Waals surface area (Å²) in [5, 5.41) is 11.8. The van der Waals surface area contributed by atoms with Crippen LogP contribution in [0.3, 0.4) is 0 Å². The van der Waals surface area contributed by atoms with Crippen LogP contribution in [0.25, 0.3) is 0 Å². The summed E-state index contributed by atoms with van der Waals surface area (Å²) in [6.07, 6.45) is 1.62. The van der Waals surface area contributed by atoms with Crippen LogP contribution >= 0.6 is 0 Å². The molecule has 1 saturated heterocycles. The van der Waals surface area contributed by atoms with Gasteiger partial charge in [-0.25, -0.2) is 19.6 Å². The minimum Gasteiger partial charge on any atom is -0.478 e. The standard InChI is InChI=1S/C15H22N4O4/c1-9-11(12(20)21)7-16-13(17-9)19-6-5-10(8-19)18-14(22)23-15(2,3)4/h7,10H,5-6,8H2,1-4H3,(H,18,22)(H,20,21). The van der Waals surface area contributed by atoms with Gasteiger partial charge in [0, 0.05) is 19.3 Å². The third-order valence-electron chi connectivity index (χ3n) is 3.39. The van der Waals surface area contributed by atoms with E-state index < -0.39 is 17.7 Å². The van der Waals surface area contributed by atoms with Crippen LogP contribution in [-0.4, -0.2) is 51.9 Å². The Kier molecular flexibility index (Phi) is 4.72. The first-order valence-electron chi connectivity index (χ1n) is 7.47. The monoisotopic (exact) mass is 322 g/mol. The Morgan fingerprint density at radius 2 is 2.13 bits per heavy atom. The molecular weight excluding hydrogens is 300 g/mol. The number of hydrogen-bond acceptors (Lipinski definition) is 6. The molecule has 1 amide bonds. The molecule has 1 atom stereocenters. The lowest BCUT2D eigenvalue weighted by Gasteiger charge is -2.22. The summed E-state index contributed by atoms with van der Waals surface area (Å²) in [7, 11) is 0. The molecule has 1 aliphatic heterocycles. The summed E-state index contributed by atoms with van der Waals surface area (Å²) in [5.41, 5.74) is -0.0163. The van der Waals surface area contributed by atoms with E-state index in [1.54, 1.807) is 6.92 Å².